The highest BCUT2D eigenvalue weighted by Crippen LogP contribution is 2.24. The smallest absolute Gasteiger partial charge is 0.302 e. The van der Waals surface area contributed by atoms with Gasteiger partial charge in [-0.1, -0.05) is 33.2 Å². The zero-order chi connectivity index (χ0) is 16.5. The van der Waals surface area contributed by atoms with Crippen LogP contribution in [0.15, 0.2) is 23.3 Å². The van der Waals surface area contributed by atoms with Crippen molar-refractivity contribution in [2.75, 3.05) is 6.61 Å². The van der Waals surface area contributed by atoms with Crippen LogP contribution >= 0.6 is 15.9 Å². The quantitative estimate of drug-likeness (QED) is 0.373. The Balaban J connectivity index is 3.99. The number of aliphatic hydroxyl groups is 1. The van der Waals surface area contributed by atoms with Gasteiger partial charge in [0, 0.05) is 11.8 Å². The average Bonchev–Trinajstić information content (AvgIpc) is 2.34. The molecule has 21 heavy (non-hydrogen) atoms. The lowest BCUT2D eigenvalue weighted by Crippen LogP contribution is -2.31. The largest absolute Gasteiger partial charge is 0.462 e. The number of rotatable bonds is 9. The van der Waals surface area contributed by atoms with E-state index in [0.29, 0.717) is 6.61 Å². The Bertz CT molecular complexity index is 378. The molecule has 0 aliphatic carbocycles. The summed E-state index contributed by atoms with van der Waals surface area (Å²) in [6.07, 6.45) is 8.06. The molecule has 0 fully saturated rings. The highest BCUT2D eigenvalue weighted by Gasteiger charge is 2.23. The molecule has 4 heteroatoms. The number of carbonyl (C=O) groups excluding carboxylic acids is 1. The fourth-order valence-corrected chi connectivity index (χ4v) is 1.99. The van der Waals surface area contributed by atoms with Crippen LogP contribution in [-0.2, 0) is 9.53 Å². The number of ether oxygens (including phenoxy) is 1. The van der Waals surface area contributed by atoms with Gasteiger partial charge in [0.2, 0.25) is 0 Å². The van der Waals surface area contributed by atoms with Crippen LogP contribution in [0.1, 0.15) is 60.3 Å². The molecule has 0 bridgehead atoms. The van der Waals surface area contributed by atoms with Crippen molar-refractivity contribution in [3.63, 3.8) is 0 Å². The molecule has 0 aromatic rings. The first-order valence-corrected chi connectivity index (χ1v) is 8.35. The summed E-state index contributed by atoms with van der Waals surface area (Å²) in [6.45, 7) is 9.60. The predicted octanol–water partition coefficient (Wildman–Crippen LogP) is 4.54. The molecule has 122 valence electrons. The van der Waals surface area contributed by atoms with Crippen LogP contribution in [0.5, 0.6) is 0 Å². The number of allylic oxidation sites excluding steroid dienone is 3. The lowest BCUT2D eigenvalue weighted by Gasteiger charge is -2.24. The molecular formula is C17H29BrO3. The Labute approximate surface area is 137 Å². The van der Waals surface area contributed by atoms with Gasteiger partial charge >= 0.3 is 5.97 Å². The van der Waals surface area contributed by atoms with Crippen molar-refractivity contribution in [3.8, 4) is 0 Å². The second-order valence-corrected chi connectivity index (χ2v) is 7.21. The van der Waals surface area contributed by atoms with Gasteiger partial charge in [-0.25, -0.2) is 0 Å². The molecule has 0 aliphatic rings. The average molecular weight is 361 g/mol. The lowest BCUT2D eigenvalue weighted by atomic mass is 9.98. The molecule has 0 radical (unpaired) electrons. The zero-order valence-corrected chi connectivity index (χ0v) is 15.5. The standard InChI is InChI=1S/C17H29BrO3/c1-13(9-10-16(18)17(4,5)20)7-6-8-14(2)11-12-21-15(3)19/h7,11,16,20H,6,8-10,12H2,1-5H3/b13-7+,14-11+. The summed E-state index contributed by atoms with van der Waals surface area (Å²) in [6, 6.07) is 0. The van der Waals surface area contributed by atoms with Crippen molar-refractivity contribution in [1.29, 1.82) is 0 Å². The van der Waals surface area contributed by atoms with E-state index >= 15 is 0 Å². The molecule has 0 saturated carbocycles. The van der Waals surface area contributed by atoms with Crippen molar-refractivity contribution in [2.24, 2.45) is 0 Å². The third-order valence-electron chi connectivity index (χ3n) is 3.31. The second-order valence-electron chi connectivity index (χ2n) is 6.10. The normalized spacial score (nSPS) is 15.0. The Morgan fingerprint density at radius 3 is 2.29 bits per heavy atom. The Hall–Kier alpha value is -0.610. The molecule has 3 nitrogen and oxygen atoms in total. The molecule has 1 atom stereocenters. The molecule has 0 saturated heterocycles. The fourth-order valence-electron chi connectivity index (χ4n) is 1.76. The molecule has 0 aromatic carbocycles. The molecule has 0 heterocycles. The van der Waals surface area contributed by atoms with E-state index in [-0.39, 0.29) is 10.8 Å². The van der Waals surface area contributed by atoms with Gasteiger partial charge in [-0.3, -0.25) is 4.79 Å². The van der Waals surface area contributed by atoms with Crippen LogP contribution in [0, 0.1) is 0 Å². The topological polar surface area (TPSA) is 46.5 Å². The maximum absolute atomic E-state index is 10.6. The Morgan fingerprint density at radius 2 is 1.76 bits per heavy atom. The highest BCUT2D eigenvalue weighted by molar-refractivity contribution is 9.09. The molecule has 0 amide bonds. The van der Waals surface area contributed by atoms with Gasteiger partial charge in [0.15, 0.2) is 0 Å². The summed E-state index contributed by atoms with van der Waals surface area (Å²) >= 11 is 3.53. The number of hydrogen-bond acceptors (Lipinski definition) is 3. The third-order valence-corrected chi connectivity index (χ3v) is 4.89. The number of hydrogen-bond donors (Lipinski definition) is 1. The van der Waals surface area contributed by atoms with Gasteiger partial charge in [-0.2, -0.15) is 0 Å². The molecule has 0 aromatic heterocycles. The minimum absolute atomic E-state index is 0.110. The van der Waals surface area contributed by atoms with Gasteiger partial charge in [0.1, 0.15) is 6.61 Å². The maximum atomic E-state index is 10.6. The molecular weight excluding hydrogens is 332 g/mol. The van der Waals surface area contributed by atoms with Crippen molar-refractivity contribution in [2.45, 2.75) is 70.7 Å². The van der Waals surface area contributed by atoms with E-state index in [1.54, 1.807) is 0 Å². The number of alkyl halides is 1. The zero-order valence-electron chi connectivity index (χ0n) is 13.9. The Morgan fingerprint density at radius 1 is 1.19 bits per heavy atom. The SMILES string of the molecule is CC(=O)OC/C=C(\C)CC/C=C(\C)CCC(Br)C(C)(C)O. The first-order chi connectivity index (χ1) is 9.62. The third kappa shape index (κ3) is 11.7. The van der Waals surface area contributed by atoms with E-state index in [1.807, 2.05) is 19.9 Å². The van der Waals surface area contributed by atoms with E-state index in [0.717, 1.165) is 25.7 Å². The summed E-state index contributed by atoms with van der Waals surface area (Å²) in [5, 5.41) is 9.86. The second kappa shape index (κ2) is 10.2. The van der Waals surface area contributed by atoms with Crippen LogP contribution in [0.2, 0.25) is 0 Å². The maximum Gasteiger partial charge on any atom is 0.302 e. The summed E-state index contributed by atoms with van der Waals surface area (Å²) in [4.78, 5) is 10.8. The lowest BCUT2D eigenvalue weighted by molar-refractivity contribution is -0.139. The van der Waals surface area contributed by atoms with Crippen LogP contribution < -0.4 is 0 Å². The molecule has 1 unspecified atom stereocenters. The first-order valence-electron chi connectivity index (χ1n) is 7.44. The van der Waals surface area contributed by atoms with Crippen LogP contribution in [-0.4, -0.2) is 28.1 Å². The molecule has 1 N–H and O–H groups in total. The number of halogens is 1. The monoisotopic (exact) mass is 360 g/mol. The van der Waals surface area contributed by atoms with Crippen LogP contribution in [0.3, 0.4) is 0 Å². The summed E-state index contributed by atoms with van der Waals surface area (Å²) in [7, 11) is 0. The van der Waals surface area contributed by atoms with Crippen LogP contribution in [0.25, 0.3) is 0 Å². The van der Waals surface area contributed by atoms with Gasteiger partial charge in [-0.05, 0) is 59.5 Å². The van der Waals surface area contributed by atoms with E-state index < -0.39 is 5.60 Å². The van der Waals surface area contributed by atoms with Crippen molar-refractivity contribution in [3.05, 3.63) is 23.3 Å². The van der Waals surface area contributed by atoms with Crippen molar-refractivity contribution >= 4 is 21.9 Å². The summed E-state index contributed by atoms with van der Waals surface area (Å²) in [5.41, 5.74) is 1.89. The minimum atomic E-state index is -0.684. The number of esters is 1. The van der Waals surface area contributed by atoms with E-state index in [9.17, 15) is 9.90 Å². The van der Waals surface area contributed by atoms with E-state index in [1.165, 1.54) is 18.1 Å². The van der Waals surface area contributed by atoms with Gasteiger partial charge in [0.25, 0.3) is 0 Å². The highest BCUT2D eigenvalue weighted by atomic mass is 79.9. The van der Waals surface area contributed by atoms with E-state index in [2.05, 4.69) is 35.9 Å². The predicted molar refractivity (Wildman–Crippen MR) is 91.6 cm³/mol. The number of carbonyl (C=O) groups is 1. The summed E-state index contributed by atoms with van der Waals surface area (Å²) < 4.78 is 4.88. The Kier molecular flexibility index (Phi) is 9.88. The molecule has 0 rings (SSSR count). The van der Waals surface area contributed by atoms with Crippen molar-refractivity contribution in [1.82, 2.24) is 0 Å². The van der Waals surface area contributed by atoms with Gasteiger partial charge in [0.05, 0.1) is 5.60 Å². The van der Waals surface area contributed by atoms with Crippen molar-refractivity contribution < 1.29 is 14.6 Å². The van der Waals surface area contributed by atoms with E-state index in [4.69, 9.17) is 4.74 Å². The molecule has 0 aliphatic heterocycles. The minimum Gasteiger partial charge on any atom is -0.462 e. The van der Waals surface area contributed by atoms with Gasteiger partial charge < -0.3 is 9.84 Å². The fraction of sp³-hybridized carbons (Fsp3) is 0.706. The van der Waals surface area contributed by atoms with Gasteiger partial charge in [-0.15, -0.1) is 0 Å². The summed E-state index contributed by atoms with van der Waals surface area (Å²) in [5.74, 6) is -0.245. The van der Waals surface area contributed by atoms with Crippen LogP contribution in [0.4, 0.5) is 0 Å². The molecule has 0 spiro atoms. The first kappa shape index (κ1) is 20.4.